The second-order valence-electron chi connectivity index (χ2n) is 3.74. The molecule has 0 aliphatic carbocycles. The molecule has 96 valence electrons. The predicted octanol–water partition coefficient (Wildman–Crippen LogP) is 1.07. The van der Waals surface area contributed by atoms with Gasteiger partial charge in [0.15, 0.2) is 0 Å². The molecule has 2 N–H and O–H groups in total. The highest BCUT2D eigenvalue weighted by molar-refractivity contribution is 6.05. The summed E-state index contributed by atoms with van der Waals surface area (Å²) in [5.74, 6) is -3.11. The van der Waals surface area contributed by atoms with Gasteiger partial charge in [-0.15, -0.1) is 0 Å². The normalized spacial score (nSPS) is 10.3. The van der Waals surface area contributed by atoms with Gasteiger partial charge in [-0.25, -0.2) is 9.18 Å². The molecule has 0 unspecified atom stereocenters. The van der Waals surface area contributed by atoms with Crippen molar-refractivity contribution in [2.24, 2.45) is 0 Å². The van der Waals surface area contributed by atoms with E-state index in [1.807, 2.05) is 0 Å². The van der Waals surface area contributed by atoms with Gasteiger partial charge >= 0.3 is 5.97 Å². The molecule has 1 aromatic carbocycles. The smallest absolute Gasteiger partial charge is 0.341 e. The number of carboxylic acids is 1. The fraction of sp³-hybridized carbons (Fsp3) is 0.0833. The first-order valence-corrected chi connectivity index (χ1v) is 5.12. The maximum absolute atomic E-state index is 13.2. The van der Waals surface area contributed by atoms with Crippen molar-refractivity contribution in [1.29, 1.82) is 5.26 Å². The number of halogens is 1. The highest BCUT2D eigenvalue weighted by Gasteiger charge is 2.21. The van der Waals surface area contributed by atoms with Crippen LogP contribution in [-0.4, -0.2) is 20.7 Å². The number of fused-ring (bicyclic) bond motifs is 1. The lowest BCUT2D eigenvalue weighted by Gasteiger charge is -2.10. The van der Waals surface area contributed by atoms with E-state index in [0.29, 0.717) is 4.57 Å². The number of pyridine rings is 1. The minimum Gasteiger partial charge on any atom is -0.494 e. The molecular formula is C12H7FN2O4. The van der Waals surface area contributed by atoms with Crippen LogP contribution >= 0.6 is 0 Å². The van der Waals surface area contributed by atoms with E-state index in [4.69, 9.17) is 10.4 Å². The minimum absolute atomic E-state index is 0.0770. The molecule has 0 bridgehead atoms. The fourth-order valence-corrected chi connectivity index (χ4v) is 1.84. The van der Waals surface area contributed by atoms with Crippen molar-refractivity contribution in [3.05, 3.63) is 39.9 Å². The molecule has 0 saturated heterocycles. The van der Waals surface area contributed by atoms with Crippen molar-refractivity contribution in [2.75, 3.05) is 0 Å². The van der Waals surface area contributed by atoms with Gasteiger partial charge in [0.25, 0.3) is 5.56 Å². The molecule has 1 aromatic heterocycles. The summed E-state index contributed by atoms with van der Waals surface area (Å²) in [6.07, 6.45) is 0. The Morgan fingerprint density at radius 2 is 2.11 bits per heavy atom. The third-order valence-electron chi connectivity index (χ3n) is 2.65. The van der Waals surface area contributed by atoms with Crippen LogP contribution in [0.25, 0.3) is 10.8 Å². The Balaban J connectivity index is 3.04. The number of hydrogen-bond acceptors (Lipinski definition) is 4. The van der Waals surface area contributed by atoms with Gasteiger partial charge in [-0.2, -0.15) is 5.26 Å². The van der Waals surface area contributed by atoms with E-state index >= 15 is 0 Å². The van der Waals surface area contributed by atoms with Crippen LogP contribution in [0.4, 0.5) is 4.39 Å². The first kappa shape index (κ1) is 12.6. The minimum atomic E-state index is -1.51. The van der Waals surface area contributed by atoms with Crippen molar-refractivity contribution in [1.82, 2.24) is 4.57 Å². The zero-order valence-corrected chi connectivity index (χ0v) is 9.42. The van der Waals surface area contributed by atoms with Crippen LogP contribution in [0.1, 0.15) is 10.4 Å². The average molecular weight is 262 g/mol. The Kier molecular flexibility index (Phi) is 2.92. The molecule has 1 heterocycles. The summed E-state index contributed by atoms with van der Waals surface area (Å²) in [4.78, 5) is 23.1. The Morgan fingerprint density at radius 3 is 2.68 bits per heavy atom. The van der Waals surface area contributed by atoms with Crippen LogP contribution in [0.2, 0.25) is 0 Å². The molecule has 2 rings (SSSR count). The number of nitrogens with zero attached hydrogens (tertiary/aromatic N) is 2. The molecule has 19 heavy (non-hydrogen) atoms. The molecular weight excluding hydrogens is 255 g/mol. The first-order valence-electron chi connectivity index (χ1n) is 5.12. The van der Waals surface area contributed by atoms with Crippen LogP contribution in [0.15, 0.2) is 23.0 Å². The summed E-state index contributed by atoms with van der Waals surface area (Å²) in [5.41, 5.74) is -1.36. The summed E-state index contributed by atoms with van der Waals surface area (Å²) >= 11 is 0. The number of rotatable bonds is 2. The van der Waals surface area contributed by atoms with Gasteiger partial charge in [-0.3, -0.25) is 9.36 Å². The number of aromatic nitrogens is 1. The van der Waals surface area contributed by atoms with Crippen molar-refractivity contribution in [3.63, 3.8) is 0 Å². The topological polar surface area (TPSA) is 103 Å². The maximum atomic E-state index is 13.2. The fourth-order valence-electron chi connectivity index (χ4n) is 1.84. The zero-order chi connectivity index (χ0) is 14.2. The molecule has 0 radical (unpaired) electrons. The Morgan fingerprint density at radius 1 is 1.42 bits per heavy atom. The molecule has 7 heteroatoms. The highest BCUT2D eigenvalue weighted by atomic mass is 19.1. The second-order valence-corrected chi connectivity index (χ2v) is 3.74. The van der Waals surface area contributed by atoms with Crippen molar-refractivity contribution >= 4 is 16.7 Å². The van der Waals surface area contributed by atoms with Gasteiger partial charge in [0.05, 0.1) is 6.07 Å². The number of nitriles is 1. The number of aromatic hydroxyl groups is 1. The standard InChI is InChI=1S/C12H7FN2O4/c13-6-1-2-7-8(5-6)9(12(18)19)11(17)15(4-3-14)10(7)16/h1-2,5,17H,4H2,(H,18,19). The lowest BCUT2D eigenvalue weighted by Crippen LogP contribution is -2.22. The summed E-state index contributed by atoms with van der Waals surface area (Å²) in [7, 11) is 0. The monoisotopic (exact) mass is 262 g/mol. The Hall–Kier alpha value is -2.88. The van der Waals surface area contributed by atoms with Gasteiger partial charge in [-0.05, 0) is 18.2 Å². The van der Waals surface area contributed by atoms with Gasteiger partial charge < -0.3 is 10.2 Å². The van der Waals surface area contributed by atoms with Crippen LogP contribution in [0.3, 0.4) is 0 Å². The Labute approximate surface area is 105 Å². The zero-order valence-electron chi connectivity index (χ0n) is 9.42. The number of carbonyl (C=O) groups is 1. The highest BCUT2D eigenvalue weighted by Crippen LogP contribution is 2.25. The third kappa shape index (κ3) is 1.89. The van der Waals surface area contributed by atoms with Crippen molar-refractivity contribution in [3.8, 4) is 11.9 Å². The van der Waals surface area contributed by atoms with Gasteiger partial charge in [0.1, 0.15) is 17.9 Å². The van der Waals surface area contributed by atoms with Gasteiger partial charge in [0, 0.05) is 10.8 Å². The van der Waals surface area contributed by atoms with Crippen LogP contribution in [0, 0.1) is 17.1 Å². The van der Waals surface area contributed by atoms with E-state index in [1.165, 1.54) is 0 Å². The first-order chi connectivity index (χ1) is 8.97. The lowest BCUT2D eigenvalue weighted by atomic mass is 10.1. The number of benzene rings is 1. The number of hydrogen-bond donors (Lipinski definition) is 2. The van der Waals surface area contributed by atoms with E-state index in [0.717, 1.165) is 18.2 Å². The molecule has 0 spiro atoms. The second kappa shape index (κ2) is 4.42. The van der Waals surface area contributed by atoms with Crippen molar-refractivity contribution < 1.29 is 19.4 Å². The molecule has 0 fully saturated rings. The quantitative estimate of drug-likeness (QED) is 0.842. The summed E-state index contributed by atoms with van der Waals surface area (Å²) < 4.78 is 13.8. The van der Waals surface area contributed by atoms with Crippen LogP contribution < -0.4 is 5.56 Å². The average Bonchev–Trinajstić information content (AvgIpc) is 2.34. The van der Waals surface area contributed by atoms with Crippen LogP contribution in [-0.2, 0) is 6.54 Å². The summed E-state index contributed by atoms with van der Waals surface area (Å²) in [5, 5.41) is 27.1. The van der Waals surface area contributed by atoms with Crippen LogP contribution in [0.5, 0.6) is 5.88 Å². The largest absolute Gasteiger partial charge is 0.494 e. The third-order valence-corrected chi connectivity index (χ3v) is 2.65. The predicted molar refractivity (Wildman–Crippen MR) is 62.4 cm³/mol. The van der Waals surface area contributed by atoms with Crippen molar-refractivity contribution in [2.45, 2.75) is 6.54 Å². The van der Waals surface area contributed by atoms with Gasteiger partial charge in [0.2, 0.25) is 5.88 Å². The van der Waals surface area contributed by atoms with E-state index < -0.39 is 35.3 Å². The molecule has 0 aliphatic rings. The van der Waals surface area contributed by atoms with Gasteiger partial charge in [-0.1, -0.05) is 0 Å². The SMILES string of the molecule is N#CCn1c(O)c(C(=O)O)c2cc(F)ccc2c1=O. The molecule has 0 aliphatic heterocycles. The maximum Gasteiger partial charge on any atom is 0.341 e. The lowest BCUT2D eigenvalue weighted by molar-refractivity contribution is 0.0694. The molecule has 6 nitrogen and oxygen atoms in total. The van der Waals surface area contributed by atoms with E-state index in [-0.39, 0.29) is 10.8 Å². The Bertz CT molecular complexity index is 789. The molecule has 0 amide bonds. The van der Waals surface area contributed by atoms with E-state index in [2.05, 4.69) is 0 Å². The van der Waals surface area contributed by atoms with E-state index in [9.17, 15) is 19.1 Å². The summed E-state index contributed by atoms with van der Waals surface area (Å²) in [6.45, 7) is -0.502. The number of carboxylic acid groups (broad SMARTS) is 1. The molecule has 0 atom stereocenters. The molecule has 2 aromatic rings. The molecule has 0 saturated carbocycles. The number of aromatic carboxylic acids is 1. The summed E-state index contributed by atoms with van der Waals surface area (Å²) in [6, 6.07) is 4.62. The van der Waals surface area contributed by atoms with E-state index in [1.54, 1.807) is 6.07 Å².